The summed E-state index contributed by atoms with van der Waals surface area (Å²) >= 11 is 1.78. The minimum absolute atomic E-state index is 0. The lowest BCUT2D eigenvalue weighted by molar-refractivity contribution is 0.414. The van der Waals surface area contributed by atoms with Gasteiger partial charge in [0.1, 0.15) is 11.5 Å². The average molecular weight is 511 g/mol. The molecule has 0 saturated heterocycles. The zero-order chi connectivity index (χ0) is 18.7. The molecule has 28 heavy (non-hydrogen) atoms. The van der Waals surface area contributed by atoms with E-state index in [9.17, 15) is 0 Å². The summed E-state index contributed by atoms with van der Waals surface area (Å²) in [4.78, 5) is 6.08. The summed E-state index contributed by atoms with van der Waals surface area (Å²) in [7, 11) is 1.67. The molecule has 0 saturated carbocycles. The Kier molecular flexibility index (Phi) is 9.92. The van der Waals surface area contributed by atoms with Crippen molar-refractivity contribution in [3.8, 4) is 5.75 Å². The van der Waals surface area contributed by atoms with Gasteiger partial charge in [-0.05, 0) is 47.7 Å². The molecule has 0 aliphatic rings. The maximum atomic E-state index is 5.39. The molecule has 0 fully saturated rings. The van der Waals surface area contributed by atoms with Crippen molar-refractivity contribution in [1.29, 1.82) is 0 Å². The normalized spacial score (nSPS) is 11.0. The van der Waals surface area contributed by atoms with Gasteiger partial charge in [0.2, 0.25) is 0 Å². The summed E-state index contributed by atoms with van der Waals surface area (Å²) in [6, 6.07) is 16.1. The van der Waals surface area contributed by atoms with Crippen LogP contribution in [0.3, 0.4) is 0 Å². The molecule has 0 aliphatic heterocycles. The van der Waals surface area contributed by atoms with Crippen LogP contribution in [0.2, 0.25) is 0 Å². The largest absolute Gasteiger partial charge is 0.497 e. The number of guanidine groups is 1. The fraction of sp³-hybridized carbons (Fsp3) is 0.286. The molecule has 0 radical (unpaired) electrons. The second-order valence-electron chi connectivity index (χ2n) is 6.03. The Morgan fingerprint density at radius 3 is 2.46 bits per heavy atom. The fourth-order valence-corrected chi connectivity index (χ4v) is 3.30. The summed E-state index contributed by atoms with van der Waals surface area (Å²) in [5.74, 6) is 2.64. The Bertz CT molecular complexity index is 761. The Hall–Kier alpha value is -2.00. The van der Waals surface area contributed by atoms with Gasteiger partial charge in [-0.2, -0.15) is 0 Å². The molecule has 1 aromatic carbocycles. The van der Waals surface area contributed by atoms with Crippen molar-refractivity contribution in [3.63, 3.8) is 0 Å². The monoisotopic (exact) mass is 511 g/mol. The van der Waals surface area contributed by atoms with Crippen LogP contribution in [0.15, 0.2) is 69.6 Å². The van der Waals surface area contributed by atoms with Gasteiger partial charge in [0.25, 0.3) is 0 Å². The van der Waals surface area contributed by atoms with Gasteiger partial charge in [-0.1, -0.05) is 18.2 Å². The Morgan fingerprint density at radius 2 is 1.82 bits per heavy atom. The Balaban J connectivity index is 0.00000280. The number of benzene rings is 1. The molecular formula is C21H26IN3O2S. The van der Waals surface area contributed by atoms with E-state index in [0.29, 0.717) is 6.54 Å². The predicted octanol–water partition coefficient (Wildman–Crippen LogP) is 4.49. The minimum Gasteiger partial charge on any atom is -0.497 e. The summed E-state index contributed by atoms with van der Waals surface area (Å²) in [5.41, 5.74) is 1.14. The third-order valence-corrected chi connectivity index (χ3v) is 5.00. The number of furan rings is 1. The van der Waals surface area contributed by atoms with Crippen molar-refractivity contribution in [2.24, 2.45) is 4.99 Å². The lowest BCUT2D eigenvalue weighted by Crippen LogP contribution is -2.39. The van der Waals surface area contributed by atoms with Gasteiger partial charge in [0, 0.05) is 24.4 Å². The highest BCUT2D eigenvalue weighted by Crippen LogP contribution is 2.12. The third kappa shape index (κ3) is 7.55. The lowest BCUT2D eigenvalue weighted by atomic mass is 10.2. The minimum atomic E-state index is 0. The molecule has 2 N–H and O–H groups in total. The molecule has 5 nitrogen and oxygen atoms in total. The number of methoxy groups -OCH3 is 1. The van der Waals surface area contributed by atoms with Crippen molar-refractivity contribution in [2.45, 2.75) is 19.4 Å². The fourth-order valence-electron chi connectivity index (χ4n) is 2.59. The number of thiophene rings is 1. The Labute approximate surface area is 187 Å². The predicted molar refractivity (Wildman–Crippen MR) is 126 cm³/mol. The van der Waals surface area contributed by atoms with Crippen molar-refractivity contribution < 1.29 is 9.15 Å². The number of nitrogens with zero attached hydrogens (tertiary/aromatic N) is 1. The second-order valence-corrected chi connectivity index (χ2v) is 7.06. The zero-order valence-corrected chi connectivity index (χ0v) is 19.0. The van der Waals surface area contributed by atoms with Crippen LogP contribution >= 0.6 is 35.3 Å². The van der Waals surface area contributed by atoms with Gasteiger partial charge in [-0.3, -0.25) is 0 Å². The first-order valence-electron chi connectivity index (χ1n) is 9.03. The van der Waals surface area contributed by atoms with E-state index in [0.717, 1.165) is 49.0 Å². The maximum absolute atomic E-state index is 5.39. The molecule has 3 aromatic rings. The number of halogens is 1. The van der Waals surface area contributed by atoms with E-state index in [1.165, 1.54) is 4.88 Å². The topological polar surface area (TPSA) is 58.8 Å². The van der Waals surface area contributed by atoms with E-state index < -0.39 is 0 Å². The number of rotatable bonds is 9. The second kappa shape index (κ2) is 12.5. The van der Waals surface area contributed by atoms with Gasteiger partial charge in [0.05, 0.1) is 19.9 Å². The molecule has 2 aromatic heterocycles. The highest BCUT2D eigenvalue weighted by Gasteiger charge is 2.02. The number of hydrogen-bond donors (Lipinski definition) is 2. The van der Waals surface area contributed by atoms with Crippen molar-refractivity contribution in [1.82, 2.24) is 10.6 Å². The van der Waals surface area contributed by atoms with Crippen LogP contribution in [-0.4, -0.2) is 26.2 Å². The van der Waals surface area contributed by atoms with E-state index in [1.807, 2.05) is 36.4 Å². The van der Waals surface area contributed by atoms with E-state index >= 15 is 0 Å². The zero-order valence-electron chi connectivity index (χ0n) is 15.9. The van der Waals surface area contributed by atoms with Gasteiger partial charge >= 0.3 is 0 Å². The van der Waals surface area contributed by atoms with Gasteiger partial charge < -0.3 is 19.8 Å². The van der Waals surface area contributed by atoms with Gasteiger partial charge in [-0.25, -0.2) is 4.99 Å². The van der Waals surface area contributed by atoms with E-state index in [-0.39, 0.29) is 24.0 Å². The van der Waals surface area contributed by atoms with E-state index in [2.05, 4.69) is 28.1 Å². The molecule has 0 atom stereocenters. The number of hydrogen-bond acceptors (Lipinski definition) is 4. The summed E-state index contributed by atoms with van der Waals surface area (Å²) in [5, 5.41) is 8.92. The molecular weight excluding hydrogens is 485 g/mol. The third-order valence-electron chi connectivity index (χ3n) is 4.07. The summed E-state index contributed by atoms with van der Waals surface area (Å²) in [6.07, 6.45) is 3.51. The quantitative estimate of drug-likeness (QED) is 0.253. The Morgan fingerprint density at radius 1 is 1.04 bits per heavy atom. The van der Waals surface area contributed by atoms with Crippen molar-refractivity contribution in [3.05, 3.63) is 76.4 Å². The first kappa shape index (κ1) is 22.3. The van der Waals surface area contributed by atoms with Gasteiger partial charge in [0.15, 0.2) is 5.96 Å². The molecule has 3 rings (SSSR count). The lowest BCUT2D eigenvalue weighted by Gasteiger charge is -2.12. The van der Waals surface area contributed by atoms with Crippen LogP contribution in [-0.2, 0) is 19.4 Å². The summed E-state index contributed by atoms with van der Waals surface area (Å²) < 4.78 is 10.6. The first-order valence-corrected chi connectivity index (χ1v) is 9.91. The maximum Gasteiger partial charge on any atom is 0.191 e. The highest BCUT2D eigenvalue weighted by molar-refractivity contribution is 14.0. The van der Waals surface area contributed by atoms with E-state index in [4.69, 9.17) is 14.1 Å². The summed E-state index contributed by atoms with van der Waals surface area (Å²) in [6.45, 7) is 2.22. The van der Waals surface area contributed by atoms with Crippen LogP contribution in [0.4, 0.5) is 0 Å². The molecule has 0 unspecified atom stereocenters. The molecule has 0 aliphatic carbocycles. The van der Waals surface area contributed by atoms with Crippen LogP contribution in [0.1, 0.15) is 16.2 Å². The number of aliphatic imine (C=N–C) groups is 1. The molecule has 150 valence electrons. The highest BCUT2D eigenvalue weighted by atomic mass is 127. The molecule has 0 amide bonds. The number of ether oxygens (including phenoxy) is 1. The van der Waals surface area contributed by atoms with Crippen LogP contribution < -0.4 is 15.4 Å². The smallest absolute Gasteiger partial charge is 0.191 e. The van der Waals surface area contributed by atoms with Gasteiger partial charge in [-0.15, -0.1) is 35.3 Å². The molecule has 2 heterocycles. The van der Waals surface area contributed by atoms with Crippen molar-refractivity contribution >= 4 is 41.3 Å². The average Bonchev–Trinajstić information content (AvgIpc) is 3.40. The molecule has 7 heteroatoms. The number of nitrogens with one attached hydrogen (secondary N) is 2. The van der Waals surface area contributed by atoms with Crippen LogP contribution in [0, 0.1) is 0 Å². The molecule has 0 spiro atoms. The first-order chi connectivity index (χ1) is 13.3. The molecule has 0 bridgehead atoms. The standard InChI is InChI=1S/C21H25N3O2S.HI/c1-25-18-8-6-17(7-9-18)16-24-21(22-12-10-19-4-2-14-26-19)23-13-11-20-5-3-15-27-20;/h2-9,14-15H,10-13,16H2,1H3,(H2,22,23,24);1H. The van der Waals surface area contributed by atoms with Crippen LogP contribution in [0.25, 0.3) is 0 Å². The van der Waals surface area contributed by atoms with Crippen molar-refractivity contribution in [2.75, 3.05) is 20.2 Å². The SMILES string of the molecule is COc1ccc(CN=C(NCCc2ccco2)NCCc2cccs2)cc1.I. The van der Waals surface area contributed by atoms with E-state index in [1.54, 1.807) is 24.7 Å². The van der Waals surface area contributed by atoms with Crippen LogP contribution in [0.5, 0.6) is 5.75 Å².